The molecule has 1 saturated carbocycles. The van der Waals surface area contributed by atoms with E-state index in [9.17, 15) is 45.6 Å². The van der Waals surface area contributed by atoms with Crippen molar-refractivity contribution in [3.8, 4) is 17.2 Å². The third-order valence-electron chi connectivity index (χ3n) is 10.2. The number of aromatic hydroxyl groups is 1. The summed E-state index contributed by atoms with van der Waals surface area (Å²) in [5.74, 6) is -1.51. The number of methoxy groups -OCH3 is 2. The third kappa shape index (κ3) is 8.25. The normalized spacial score (nSPS) is 38.2. The summed E-state index contributed by atoms with van der Waals surface area (Å²) < 4.78 is 37.9. The molecule has 1 aromatic carbocycles. The quantitative estimate of drug-likeness (QED) is 0.122. The number of carbonyl (C=O) groups is 1. The Hall–Kier alpha value is -2.35. The van der Waals surface area contributed by atoms with Crippen LogP contribution in [0, 0.1) is 11.3 Å². The minimum absolute atomic E-state index is 0.0484. The van der Waals surface area contributed by atoms with E-state index >= 15 is 0 Å². The largest absolute Gasteiger partial charge is 0.502 e. The lowest BCUT2D eigenvalue weighted by molar-refractivity contribution is -0.318. The van der Waals surface area contributed by atoms with Gasteiger partial charge in [-0.3, -0.25) is 0 Å². The van der Waals surface area contributed by atoms with Gasteiger partial charge in [0, 0.05) is 0 Å². The summed E-state index contributed by atoms with van der Waals surface area (Å²) in [6, 6.07) is 2.42. The number of phenolic OH excluding ortho intramolecular Hbond substituents is 1. The molecule has 0 aromatic heterocycles. The van der Waals surface area contributed by atoms with Gasteiger partial charge < -0.3 is 74.0 Å². The van der Waals surface area contributed by atoms with Gasteiger partial charge in [0.1, 0.15) is 37.1 Å². The molecule has 49 heavy (non-hydrogen) atoms. The van der Waals surface area contributed by atoms with Crippen LogP contribution in [-0.4, -0.2) is 147 Å². The van der Waals surface area contributed by atoms with Crippen molar-refractivity contribution >= 4 is 5.97 Å². The first kappa shape index (κ1) is 39.4. The molecule has 12 atom stereocenters. The molecular weight excluding hydrogens is 652 g/mol. The molecule has 280 valence electrons. The number of carbonyl (C=O) groups excluding carboxylic acids is 1. The number of aliphatic hydroxyl groups excluding tert-OH is 5. The van der Waals surface area contributed by atoms with Gasteiger partial charge in [0.15, 0.2) is 29.7 Å². The van der Waals surface area contributed by atoms with Crippen molar-refractivity contribution in [3.63, 3.8) is 0 Å². The monoisotopic (exact) mass is 704 g/mol. The molecule has 0 spiro atoms. The number of hydrogen-bond donors (Lipinski definition) is 8. The summed E-state index contributed by atoms with van der Waals surface area (Å²) in [6.07, 6.45) is -10.1. The van der Waals surface area contributed by atoms with Crippen molar-refractivity contribution in [2.24, 2.45) is 11.3 Å². The third-order valence-corrected chi connectivity index (χ3v) is 10.2. The first-order valence-electron chi connectivity index (χ1n) is 16.4. The molecule has 16 nitrogen and oxygen atoms in total. The van der Waals surface area contributed by atoms with Crippen molar-refractivity contribution in [2.75, 3.05) is 34.0 Å². The fourth-order valence-corrected chi connectivity index (χ4v) is 6.99. The Labute approximate surface area is 285 Å². The number of benzene rings is 1. The van der Waals surface area contributed by atoms with E-state index in [2.05, 4.69) is 0 Å². The summed E-state index contributed by atoms with van der Waals surface area (Å²) in [5.41, 5.74) is -3.77. The summed E-state index contributed by atoms with van der Waals surface area (Å²) in [5, 5.41) is 85.4. The van der Waals surface area contributed by atoms with Crippen LogP contribution in [0.25, 0.3) is 0 Å². The summed E-state index contributed by atoms with van der Waals surface area (Å²) in [4.78, 5) is 12.7. The maximum absolute atomic E-state index is 12.7. The highest BCUT2D eigenvalue weighted by Gasteiger charge is 2.53. The van der Waals surface area contributed by atoms with Crippen LogP contribution in [0.1, 0.15) is 63.7 Å². The number of hydrogen-bond acceptors (Lipinski definition) is 16. The lowest BCUT2D eigenvalue weighted by atomic mass is 9.58. The average molecular weight is 705 g/mol. The maximum atomic E-state index is 12.7. The minimum atomic E-state index is -2.08. The maximum Gasteiger partial charge on any atom is 0.338 e. The van der Waals surface area contributed by atoms with Crippen LogP contribution in [0.15, 0.2) is 12.1 Å². The van der Waals surface area contributed by atoms with E-state index in [1.165, 1.54) is 26.4 Å². The summed E-state index contributed by atoms with van der Waals surface area (Å²) >= 11 is 0. The Morgan fingerprint density at radius 1 is 1.00 bits per heavy atom. The Balaban J connectivity index is 1.30. The fraction of sp³-hybridized carbons (Fsp3) is 0.788. The molecule has 1 aliphatic carbocycles. The van der Waals surface area contributed by atoms with Crippen molar-refractivity contribution in [3.05, 3.63) is 17.7 Å². The first-order chi connectivity index (χ1) is 22.9. The van der Waals surface area contributed by atoms with Gasteiger partial charge in [-0.05, 0) is 56.1 Å². The predicted octanol–water partition coefficient (Wildman–Crippen LogP) is -0.428. The zero-order valence-electron chi connectivity index (χ0n) is 28.7. The minimum Gasteiger partial charge on any atom is -0.502 e. The SMILES string of the molecule is COc1cc(C(=O)OCC2(O)COC(OCC3OC(OC(C)CCC4(O)C(C)CC(O)CC4(C)C)C(O)C(O)C3O)C2O)cc(OC)c1O. The molecule has 3 aliphatic rings. The van der Waals surface area contributed by atoms with Crippen molar-refractivity contribution in [1.82, 2.24) is 0 Å². The molecule has 12 unspecified atom stereocenters. The van der Waals surface area contributed by atoms with Gasteiger partial charge in [-0.25, -0.2) is 4.79 Å². The van der Waals surface area contributed by atoms with E-state index in [1.807, 2.05) is 20.8 Å². The van der Waals surface area contributed by atoms with Crippen LogP contribution in [0.4, 0.5) is 0 Å². The van der Waals surface area contributed by atoms with Crippen molar-refractivity contribution in [1.29, 1.82) is 0 Å². The van der Waals surface area contributed by atoms with E-state index in [1.54, 1.807) is 6.92 Å². The second-order valence-electron chi connectivity index (χ2n) is 14.2. The van der Waals surface area contributed by atoms with Gasteiger partial charge in [0.2, 0.25) is 5.75 Å². The molecule has 8 N–H and O–H groups in total. The van der Waals surface area contributed by atoms with Crippen LogP contribution in [0.2, 0.25) is 0 Å². The molecule has 0 bridgehead atoms. The lowest BCUT2D eigenvalue weighted by Gasteiger charge is -2.52. The Kier molecular flexibility index (Phi) is 12.5. The van der Waals surface area contributed by atoms with E-state index in [-0.39, 0.29) is 28.7 Å². The highest BCUT2D eigenvalue weighted by molar-refractivity contribution is 5.91. The summed E-state index contributed by atoms with van der Waals surface area (Å²) in [6.45, 7) is 5.80. The number of phenols is 1. The van der Waals surface area contributed by atoms with Crippen molar-refractivity contribution in [2.45, 2.75) is 120 Å². The smallest absolute Gasteiger partial charge is 0.338 e. The van der Waals surface area contributed by atoms with Gasteiger partial charge in [-0.15, -0.1) is 0 Å². The molecule has 0 radical (unpaired) electrons. The lowest BCUT2D eigenvalue weighted by Crippen LogP contribution is -2.60. The van der Waals surface area contributed by atoms with Crippen LogP contribution < -0.4 is 9.47 Å². The van der Waals surface area contributed by atoms with Gasteiger partial charge >= 0.3 is 5.97 Å². The standard InChI is InChI=1S/C33H52O16/c1-16-9-19(34)12-31(3,4)33(16,42)8-7-17(2)48-29-26(38)25(37)24(36)22(49-29)13-45-30-27(39)32(41,15-47-30)14-46-28(40)18-10-20(43-5)23(35)21(11-18)44-6/h10-11,16-17,19,22,24-27,29-30,34-39,41-42H,7-9,12-15H2,1-6H3. The molecule has 1 aromatic rings. The van der Waals surface area contributed by atoms with Gasteiger partial charge in [-0.1, -0.05) is 20.8 Å². The fourth-order valence-electron chi connectivity index (χ4n) is 6.99. The number of rotatable bonds is 13. The molecule has 2 heterocycles. The second-order valence-corrected chi connectivity index (χ2v) is 14.2. The van der Waals surface area contributed by atoms with Crippen LogP contribution in [0.3, 0.4) is 0 Å². The predicted molar refractivity (Wildman–Crippen MR) is 168 cm³/mol. The zero-order chi connectivity index (χ0) is 36.5. The molecule has 2 aliphatic heterocycles. The molecule has 3 fully saturated rings. The van der Waals surface area contributed by atoms with Gasteiger partial charge in [0.05, 0.1) is 50.8 Å². The molecule has 16 heteroatoms. The Morgan fingerprint density at radius 2 is 1.63 bits per heavy atom. The number of ether oxygens (including phenoxy) is 7. The topological polar surface area (TPSA) is 244 Å². The van der Waals surface area contributed by atoms with Gasteiger partial charge in [-0.2, -0.15) is 0 Å². The van der Waals surface area contributed by atoms with Crippen molar-refractivity contribution < 1.29 is 78.8 Å². The van der Waals surface area contributed by atoms with E-state index < -0.39 is 97.7 Å². The second kappa shape index (κ2) is 15.5. The molecule has 0 amide bonds. The Morgan fingerprint density at radius 3 is 2.22 bits per heavy atom. The summed E-state index contributed by atoms with van der Waals surface area (Å²) in [7, 11) is 2.57. The van der Waals surface area contributed by atoms with Gasteiger partial charge in [0.25, 0.3) is 0 Å². The highest BCUT2D eigenvalue weighted by Crippen LogP contribution is 2.50. The average Bonchev–Trinajstić information content (AvgIpc) is 3.33. The Bertz CT molecular complexity index is 1250. The zero-order valence-corrected chi connectivity index (χ0v) is 28.7. The van der Waals surface area contributed by atoms with Crippen LogP contribution >= 0.6 is 0 Å². The van der Waals surface area contributed by atoms with Crippen LogP contribution in [0.5, 0.6) is 17.2 Å². The molecule has 4 rings (SSSR count). The van der Waals surface area contributed by atoms with Crippen LogP contribution in [-0.2, 0) is 23.7 Å². The van der Waals surface area contributed by atoms with E-state index in [0.29, 0.717) is 25.7 Å². The first-order valence-corrected chi connectivity index (χ1v) is 16.4. The van der Waals surface area contributed by atoms with E-state index in [4.69, 9.17) is 33.2 Å². The molecule has 2 saturated heterocycles. The van der Waals surface area contributed by atoms with E-state index in [0.717, 1.165) is 0 Å². The number of aliphatic hydroxyl groups is 7. The number of esters is 1. The molecular formula is C33H52O16. The highest BCUT2D eigenvalue weighted by atomic mass is 16.7.